The van der Waals surface area contributed by atoms with E-state index in [2.05, 4.69) is 24.3 Å². The van der Waals surface area contributed by atoms with Gasteiger partial charge in [-0.25, -0.2) is 9.59 Å². The third kappa shape index (κ3) is 3.46. The number of likely N-dealkylation sites (tertiary alicyclic amines) is 1. The first-order valence-corrected chi connectivity index (χ1v) is 10.5. The highest BCUT2D eigenvalue weighted by atomic mass is 16.6. The largest absolute Gasteiger partial charge is 0.480 e. The van der Waals surface area contributed by atoms with Crippen molar-refractivity contribution in [3.8, 4) is 11.1 Å². The first-order chi connectivity index (χ1) is 15.1. The molecule has 5 rings (SSSR count). The average molecular weight is 413 g/mol. The molecule has 156 valence electrons. The Morgan fingerprint density at radius 3 is 2.06 bits per heavy atom. The fourth-order valence-electron chi connectivity index (χ4n) is 4.92. The minimum atomic E-state index is -0.994. The summed E-state index contributed by atoms with van der Waals surface area (Å²) in [7, 11) is 0. The Bertz CT molecular complexity index is 1080. The molecule has 3 aromatic rings. The first kappa shape index (κ1) is 19.4. The molecule has 1 heterocycles. The number of fused-ring (bicyclic) bond motifs is 3. The van der Waals surface area contributed by atoms with E-state index in [0.29, 0.717) is 13.0 Å². The van der Waals surface area contributed by atoms with Gasteiger partial charge in [0, 0.05) is 18.4 Å². The summed E-state index contributed by atoms with van der Waals surface area (Å²) in [5, 5.41) is 9.69. The molecular weight excluding hydrogens is 390 g/mol. The zero-order valence-electron chi connectivity index (χ0n) is 17.0. The van der Waals surface area contributed by atoms with E-state index in [1.165, 1.54) is 4.90 Å². The predicted molar refractivity (Wildman–Crippen MR) is 117 cm³/mol. The van der Waals surface area contributed by atoms with Crippen LogP contribution in [-0.2, 0) is 9.53 Å². The van der Waals surface area contributed by atoms with Crippen LogP contribution in [0.25, 0.3) is 11.1 Å². The van der Waals surface area contributed by atoms with Crippen LogP contribution in [0.1, 0.15) is 34.9 Å². The summed E-state index contributed by atoms with van der Waals surface area (Å²) >= 11 is 0. The second kappa shape index (κ2) is 7.91. The van der Waals surface area contributed by atoms with Gasteiger partial charge < -0.3 is 9.84 Å². The summed E-state index contributed by atoms with van der Waals surface area (Å²) in [5.74, 6) is -1.05. The molecule has 2 atom stereocenters. The summed E-state index contributed by atoms with van der Waals surface area (Å²) in [6.07, 6.45) is -0.170. The Kier molecular flexibility index (Phi) is 4.94. The highest BCUT2D eigenvalue weighted by Gasteiger charge is 2.41. The van der Waals surface area contributed by atoms with Crippen molar-refractivity contribution in [1.82, 2.24) is 4.90 Å². The van der Waals surface area contributed by atoms with Gasteiger partial charge in [-0.3, -0.25) is 4.90 Å². The van der Waals surface area contributed by atoms with Gasteiger partial charge in [0.05, 0.1) is 0 Å². The van der Waals surface area contributed by atoms with Gasteiger partial charge in [0.2, 0.25) is 0 Å². The van der Waals surface area contributed by atoms with E-state index >= 15 is 0 Å². The topological polar surface area (TPSA) is 66.8 Å². The van der Waals surface area contributed by atoms with Crippen LogP contribution in [0.5, 0.6) is 0 Å². The van der Waals surface area contributed by atoms with Crippen LogP contribution in [0, 0.1) is 0 Å². The minimum absolute atomic E-state index is 0.0113. The summed E-state index contributed by atoms with van der Waals surface area (Å²) in [6, 6.07) is 25.2. The van der Waals surface area contributed by atoms with Crippen LogP contribution in [0.15, 0.2) is 78.9 Å². The zero-order valence-corrected chi connectivity index (χ0v) is 17.0. The van der Waals surface area contributed by atoms with Crippen LogP contribution in [0.2, 0.25) is 0 Å². The van der Waals surface area contributed by atoms with Gasteiger partial charge in [0.1, 0.15) is 12.6 Å². The van der Waals surface area contributed by atoms with Crippen LogP contribution >= 0.6 is 0 Å². The Morgan fingerprint density at radius 1 is 0.871 bits per heavy atom. The van der Waals surface area contributed by atoms with Crippen molar-refractivity contribution in [1.29, 1.82) is 0 Å². The number of benzene rings is 3. The maximum atomic E-state index is 13.0. The van der Waals surface area contributed by atoms with Crippen molar-refractivity contribution in [3.05, 3.63) is 95.6 Å². The highest BCUT2D eigenvalue weighted by molar-refractivity contribution is 5.82. The number of rotatable bonds is 4. The molecule has 0 spiro atoms. The number of hydrogen-bond donors (Lipinski definition) is 1. The molecule has 1 saturated heterocycles. The van der Waals surface area contributed by atoms with Crippen molar-refractivity contribution in [3.63, 3.8) is 0 Å². The number of nitrogens with zero attached hydrogens (tertiary/aromatic N) is 1. The second-order valence-electron chi connectivity index (χ2n) is 8.15. The normalized spacial score (nSPS) is 19.7. The van der Waals surface area contributed by atoms with Crippen LogP contribution in [0.3, 0.4) is 0 Å². The molecule has 0 bridgehead atoms. The molecular formula is C26H23NO4. The van der Waals surface area contributed by atoms with Gasteiger partial charge >= 0.3 is 12.1 Å². The summed E-state index contributed by atoms with van der Waals surface area (Å²) in [6.45, 7) is 0.531. The van der Waals surface area contributed by atoms with Gasteiger partial charge in [0.25, 0.3) is 0 Å². The average Bonchev–Trinajstić information content (AvgIpc) is 3.39. The Morgan fingerprint density at radius 2 is 1.45 bits per heavy atom. The number of carboxylic acids is 1. The van der Waals surface area contributed by atoms with Crippen molar-refractivity contribution in [2.24, 2.45) is 0 Å². The lowest BCUT2D eigenvalue weighted by Crippen LogP contribution is -2.41. The molecule has 0 aromatic heterocycles. The van der Waals surface area contributed by atoms with E-state index in [1.54, 1.807) is 0 Å². The van der Waals surface area contributed by atoms with Crippen molar-refractivity contribution in [2.75, 3.05) is 13.2 Å². The molecule has 0 saturated carbocycles. The lowest BCUT2D eigenvalue weighted by atomic mass is 9.96. The monoisotopic (exact) mass is 413 g/mol. The molecule has 1 N–H and O–H groups in total. The summed E-state index contributed by atoms with van der Waals surface area (Å²) < 4.78 is 5.71. The number of amides is 1. The van der Waals surface area contributed by atoms with Gasteiger partial charge in [0.15, 0.2) is 0 Å². The lowest BCUT2D eigenvalue weighted by molar-refractivity contribution is -0.141. The quantitative estimate of drug-likeness (QED) is 0.662. The van der Waals surface area contributed by atoms with Crippen LogP contribution < -0.4 is 0 Å². The fraction of sp³-hybridized carbons (Fsp3) is 0.231. The summed E-state index contributed by atoms with van der Waals surface area (Å²) in [4.78, 5) is 26.2. The Hall–Kier alpha value is -3.60. The molecule has 3 aromatic carbocycles. The van der Waals surface area contributed by atoms with E-state index in [-0.39, 0.29) is 18.4 Å². The first-order valence-electron chi connectivity index (χ1n) is 10.5. The van der Waals surface area contributed by atoms with Gasteiger partial charge in [-0.05, 0) is 34.2 Å². The van der Waals surface area contributed by atoms with Gasteiger partial charge in [-0.15, -0.1) is 0 Å². The number of aliphatic carboxylic acids is 1. The fourth-order valence-corrected chi connectivity index (χ4v) is 4.92. The molecule has 1 aliphatic carbocycles. The smallest absolute Gasteiger partial charge is 0.410 e. The zero-order chi connectivity index (χ0) is 21.4. The van der Waals surface area contributed by atoms with Crippen molar-refractivity contribution < 1.29 is 19.4 Å². The molecule has 0 radical (unpaired) electrons. The predicted octanol–water partition coefficient (Wildman–Crippen LogP) is 4.88. The molecule has 5 heteroatoms. The van der Waals surface area contributed by atoms with E-state index in [1.807, 2.05) is 54.6 Å². The molecule has 1 amide bonds. The lowest BCUT2D eigenvalue weighted by Gasteiger charge is -2.22. The number of hydrogen-bond acceptors (Lipinski definition) is 3. The third-order valence-corrected chi connectivity index (χ3v) is 6.43. The second-order valence-corrected chi connectivity index (χ2v) is 8.15. The maximum Gasteiger partial charge on any atom is 0.410 e. The Labute approximate surface area is 180 Å². The number of ether oxygens (including phenoxy) is 1. The number of carbonyl (C=O) groups excluding carboxylic acids is 1. The maximum absolute atomic E-state index is 13.0. The van der Waals surface area contributed by atoms with Gasteiger partial charge in [-0.2, -0.15) is 0 Å². The molecule has 0 unspecified atom stereocenters. The minimum Gasteiger partial charge on any atom is -0.480 e. The van der Waals surface area contributed by atoms with Crippen molar-refractivity contribution >= 4 is 12.1 Å². The molecule has 5 nitrogen and oxygen atoms in total. The molecule has 1 fully saturated rings. The molecule has 31 heavy (non-hydrogen) atoms. The van der Waals surface area contributed by atoms with Crippen molar-refractivity contribution in [2.45, 2.75) is 24.3 Å². The van der Waals surface area contributed by atoms with E-state index < -0.39 is 18.1 Å². The van der Waals surface area contributed by atoms with Crippen LogP contribution in [0.4, 0.5) is 4.79 Å². The Balaban J connectivity index is 1.34. The van der Waals surface area contributed by atoms with E-state index in [0.717, 1.165) is 27.8 Å². The summed E-state index contributed by atoms with van der Waals surface area (Å²) in [5.41, 5.74) is 5.63. The molecule has 2 aliphatic rings. The third-order valence-electron chi connectivity index (χ3n) is 6.43. The molecule has 1 aliphatic heterocycles. The van der Waals surface area contributed by atoms with Gasteiger partial charge in [-0.1, -0.05) is 78.9 Å². The van der Waals surface area contributed by atoms with E-state index in [9.17, 15) is 14.7 Å². The number of carboxylic acid groups (broad SMARTS) is 1. The van der Waals surface area contributed by atoms with E-state index in [4.69, 9.17) is 4.74 Å². The highest BCUT2D eigenvalue weighted by Crippen LogP contribution is 2.44. The number of carbonyl (C=O) groups is 2. The standard InChI is InChI=1S/C26H23NO4/c28-25(29)24-14-18(17-8-2-1-3-9-17)15-27(24)26(30)31-16-23-21-12-6-4-10-19(21)20-11-5-7-13-22(20)23/h1-13,18,23-24H,14-16H2,(H,28,29)/t18-,24-/m0/s1. The van der Waals surface area contributed by atoms with Crippen LogP contribution in [-0.4, -0.2) is 41.3 Å². The SMILES string of the molecule is O=C(O)[C@@H]1C[C@H](c2ccccc2)CN1C(=O)OCC1c2ccccc2-c2ccccc21.